The first-order valence-corrected chi connectivity index (χ1v) is 8.47. The van der Waals surface area contributed by atoms with E-state index in [4.69, 9.17) is 5.73 Å². The lowest BCUT2D eigenvalue weighted by Crippen LogP contribution is -2.40. The molecule has 1 aromatic rings. The number of nitrogens with two attached hydrogens (primary N) is 1. The summed E-state index contributed by atoms with van der Waals surface area (Å²) in [6.07, 6.45) is 0.445. The molecule has 0 fully saturated rings. The molecular formula is C14H21F2N3O3S. The molecule has 0 spiro atoms. The van der Waals surface area contributed by atoms with Gasteiger partial charge in [0.2, 0.25) is 15.9 Å². The Morgan fingerprint density at radius 3 is 2.35 bits per heavy atom. The van der Waals surface area contributed by atoms with Gasteiger partial charge in [-0.2, -0.15) is 0 Å². The lowest BCUT2D eigenvalue weighted by atomic mass is 10.1. The van der Waals surface area contributed by atoms with Crippen molar-refractivity contribution < 1.29 is 22.0 Å². The van der Waals surface area contributed by atoms with Crippen molar-refractivity contribution >= 4 is 21.6 Å². The average molecular weight is 349 g/mol. The lowest BCUT2D eigenvalue weighted by Gasteiger charge is -2.21. The maximum atomic E-state index is 13.9. The number of halogens is 2. The smallest absolute Gasteiger partial charge is 0.244 e. The number of hydrogen-bond acceptors (Lipinski definition) is 4. The average Bonchev–Trinajstić information content (AvgIpc) is 2.36. The topological polar surface area (TPSA) is 101 Å². The zero-order valence-electron chi connectivity index (χ0n) is 13.2. The fourth-order valence-corrected chi connectivity index (χ4v) is 3.27. The number of benzene rings is 1. The number of rotatable bonds is 6. The second-order valence-corrected chi connectivity index (χ2v) is 7.71. The normalized spacial score (nSPS) is 12.3. The van der Waals surface area contributed by atoms with Crippen LogP contribution in [0.4, 0.5) is 14.5 Å². The van der Waals surface area contributed by atoms with Crippen molar-refractivity contribution in [3.8, 4) is 0 Å². The van der Waals surface area contributed by atoms with E-state index >= 15 is 0 Å². The standard InChI is InChI=1S/C14H21F2N3O3S/c1-14(2,3)19-23(21,22)12-8-11(9(15)7-10(12)16)18-13(20)5-4-6-17/h7-8,19H,4-6,17H2,1-3H3,(H,18,20). The number of carbonyl (C=O) groups is 1. The van der Waals surface area contributed by atoms with Gasteiger partial charge in [-0.05, 0) is 39.8 Å². The van der Waals surface area contributed by atoms with Crippen LogP contribution < -0.4 is 15.8 Å². The second-order valence-electron chi connectivity index (χ2n) is 6.06. The number of nitrogens with one attached hydrogen (secondary N) is 2. The molecule has 6 nitrogen and oxygen atoms in total. The van der Waals surface area contributed by atoms with E-state index in [1.165, 1.54) is 0 Å². The highest BCUT2D eigenvalue weighted by molar-refractivity contribution is 7.89. The van der Waals surface area contributed by atoms with Gasteiger partial charge in [-0.25, -0.2) is 21.9 Å². The van der Waals surface area contributed by atoms with Crippen molar-refractivity contribution in [2.24, 2.45) is 5.73 Å². The Morgan fingerprint density at radius 1 is 1.22 bits per heavy atom. The van der Waals surface area contributed by atoms with Crippen LogP contribution in [0.5, 0.6) is 0 Å². The van der Waals surface area contributed by atoms with Crippen molar-refractivity contribution in [3.05, 3.63) is 23.8 Å². The summed E-state index contributed by atoms with van der Waals surface area (Å²) in [5.74, 6) is -2.83. The molecule has 23 heavy (non-hydrogen) atoms. The van der Waals surface area contributed by atoms with Crippen LogP contribution in [0, 0.1) is 11.6 Å². The fourth-order valence-electron chi connectivity index (χ4n) is 1.76. The van der Waals surface area contributed by atoms with Crippen LogP contribution in [0.1, 0.15) is 33.6 Å². The molecule has 1 aromatic carbocycles. The fraction of sp³-hybridized carbons (Fsp3) is 0.500. The van der Waals surface area contributed by atoms with Gasteiger partial charge in [-0.15, -0.1) is 0 Å². The van der Waals surface area contributed by atoms with Gasteiger partial charge in [0.15, 0.2) is 0 Å². The van der Waals surface area contributed by atoms with Crippen LogP contribution in [0.15, 0.2) is 17.0 Å². The predicted molar refractivity (Wildman–Crippen MR) is 83.4 cm³/mol. The highest BCUT2D eigenvalue weighted by Gasteiger charge is 2.26. The van der Waals surface area contributed by atoms with Gasteiger partial charge < -0.3 is 11.1 Å². The summed E-state index contributed by atoms with van der Waals surface area (Å²) in [6.45, 7) is 5.04. The van der Waals surface area contributed by atoms with E-state index in [0.29, 0.717) is 12.5 Å². The summed E-state index contributed by atoms with van der Waals surface area (Å²) in [5, 5.41) is 2.22. The SMILES string of the molecule is CC(C)(C)NS(=O)(=O)c1cc(NC(=O)CCCN)c(F)cc1F. The summed E-state index contributed by atoms with van der Waals surface area (Å²) in [4.78, 5) is 10.9. The van der Waals surface area contributed by atoms with Gasteiger partial charge in [-0.1, -0.05) is 0 Å². The van der Waals surface area contributed by atoms with Crippen LogP contribution in [0.2, 0.25) is 0 Å². The minimum absolute atomic E-state index is 0.0512. The van der Waals surface area contributed by atoms with E-state index in [1.54, 1.807) is 20.8 Å². The Balaban J connectivity index is 3.16. The van der Waals surface area contributed by atoms with Gasteiger partial charge in [0.1, 0.15) is 16.5 Å². The predicted octanol–water partition coefficient (Wildman–Crippen LogP) is 1.72. The first-order valence-electron chi connectivity index (χ1n) is 6.99. The van der Waals surface area contributed by atoms with Crippen LogP contribution in [0.3, 0.4) is 0 Å². The van der Waals surface area contributed by atoms with Gasteiger partial charge >= 0.3 is 0 Å². The molecule has 0 heterocycles. The lowest BCUT2D eigenvalue weighted by molar-refractivity contribution is -0.116. The Morgan fingerprint density at radius 2 is 1.83 bits per heavy atom. The third-order valence-electron chi connectivity index (χ3n) is 2.63. The molecule has 130 valence electrons. The van der Waals surface area contributed by atoms with Crippen molar-refractivity contribution in [2.75, 3.05) is 11.9 Å². The van der Waals surface area contributed by atoms with E-state index < -0.39 is 43.7 Å². The number of amides is 1. The van der Waals surface area contributed by atoms with Crippen molar-refractivity contribution in [2.45, 2.75) is 44.0 Å². The molecular weight excluding hydrogens is 328 g/mol. The quantitative estimate of drug-likeness (QED) is 0.728. The summed E-state index contributed by atoms with van der Waals surface area (Å²) in [6, 6.07) is 1.19. The van der Waals surface area contributed by atoms with E-state index in [2.05, 4.69) is 10.0 Å². The van der Waals surface area contributed by atoms with E-state index in [0.717, 1.165) is 6.07 Å². The maximum absolute atomic E-state index is 13.9. The minimum Gasteiger partial charge on any atom is -0.330 e. The van der Waals surface area contributed by atoms with Crippen molar-refractivity contribution in [1.29, 1.82) is 0 Å². The third-order valence-corrected chi connectivity index (χ3v) is 4.41. The van der Waals surface area contributed by atoms with Crippen LogP contribution in [-0.4, -0.2) is 26.4 Å². The van der Waals surface area contributed by atoms with Crippen LogP contribution >= 0.6 is 0 Å². The first-order chi connectivity index (χ1) is 10.5. The maximum Gasteiger partial charge on any atom is 0.244 e. The van der Waals surface area contributed by atoms with Gasteiger partial charge in [0.25, 0.3) is 0 Å². The summed E-state index contributed by atoms with van der Waals surface area (Å²) < 4.78 is 54.2. The Kier molecular flexibility index (Phi) is 6.20. The molecule has 0 atom stereocenters. The molecule has 4 N–H and O–H groups in total. The molecule has 0 aliphatic rings. The molecule has 0 saturated carbocycles. The molecule has 0 unspecified atom stereocenters. The van der Waals surface area contributed by atoms with E-state index in [9.17, 15) is 22.0 Å². The molecule has 0 saturated heterocycles. The van der Waals surface area contributed by atoms with Crippen LogP contribution in [0.25, 0.3) is 0 Å². The molecule has 9 heteroatoms. The number of hydrogen-bond donors (Lipinski definition) is 3. The zero-order valence-corrected chi connectivity index (χ0v) is 14.1. The highest BCUT2D eigenvalue weighted by Crippen LogP contribution is 2.24. The van der Waals surface area contributed by atoms with Crippen molar-refractivity contribution in [1.82, 2.24) is 4.72 Å². The van der Waals surface area contributed by atoms with Crippen molar-refractivity contribution in [3.63, 3.8) is 0 Å². The molecule has 0 bridgehead atoms. The largest absolute Gasteiger partial charge is 0.330 e. The molecule has 0 aliphatic heterocycles. The zero-order chi connectivity index (χ0) is 17.8. The number of sulfonamides is 1. The Hall–Kier alpha value is -1.58. The summed E-state index contributed by atoms with van der Waals surface area (Å²) in [7, 11) is -4.20. The van der Waals surface area contributed by atoms with Gasteiger partial charge in [0.05, 0.1) is 5.69 Å². The third kappa shape index (κ3) is 5.85. The Bertz CT molecular complexity index is 685. The molecule has 1 rings (SSSR count). The second kappa shape index (κ2) is 7.33. The van der Waals surface area contributed by atoms with Gasteiger partial charge in [-0.3, -0.25) is 4.79 Å². The first kappa shape index (κ1) is 19.5. The Labute approximate surface area is 134 Å². The molecule has 0 aliphatic carbocycles. The number of carbonyl (C=O) groups excluding carboxylic acids is 1. The summed E-state index contributed by atoms with van der Waals surface area (Å²) >= 11 is 0. The molecule has 0 aromatic heterocycles. The number of anilines is 1. The monoisotopic (exact) mass is 349 g/mol. The minimum atomic E-state index is -4.20. The molecule has 0 radical (unpaired) electrons. The van der Waals surface area contributed by atoms with E-state index in [1.807, 2.05) is 0 Å². The van der Waals surface area contributed by atoms with Crippen LogP contribution in [-0.2, 0) is 14.8 Å². The molecule has 1 amide bonds. The van der Waals surface area contributed by atoms with Gasteiger partial charge in [0, 0.05) is 18.0 Å². The highest BCUT2D eigenvalue weighted by atomic mass is 32.2. The van der Waals surface area contributed by atoms with E-state index in [-0.39, 0.29) is 13.0 Å². The summed E-state index contributed by atoms with van der Waals surface area (Å²) in [5.41, 5.74) is 4.03.